The zero-order chi connectivity index (χ0) is 17.9. The largest absolute Gasteiger partial charge is 0.487 e. The van der Waals surface area contributed by atoms with Crippen molar-refractivity contribution in [3.05, 3.63) is 36.4 Å². The number of nitrogens with zero attached hydrogens (tertiary/aromatic N) is 5. The van der Waals surface area contributed by atoms with Crippen LogP contribution in [0, 0.1) is 0 Å². The van der Waals surface area contributed by atoms with E-state index in [-0.39, 0.29) is 24.2 Å². The van der Waals surface area contributed by atoms with Crippen LogP contribution >= 0.6 is 0 Å². The molecule has 2 aromatic heterocycles. The quantitative estimate of drug-likeness (QED) is 0.744. The van der Waals surface area contributed by atoms with Crippen molar-refractivity contribution >= 4 is 5.91 Å². The van der Waals surface area contributed by atoms with Gasteiger partial charge in [0.25, 0.3) is 5.91 Å². The van der Waals surface area contributed by atoms with E-state index in [9.17, 15) is 4.79 Å². The van der Waals surface area contributed by atoms with Crippen molar-refractivity contribution in [1.82, 2.24) is 24.9 Å². The van der Waals surface area contributed by atoms with Crippen LogP contribution in [0.3, 0.4) is 0 Å². The molecule has 9 nitrogen and oxygen atoms in total. The Labute approximate surface area is 150 Å². The Morgan fingerprint density at radius 2 is 2.12 bits per heavy atom. The molecule has 2 aliphatic heterocycles. The first-order valence-corrected chi connectivity index (χ1v) is 8.71. The maximum absolute atomic E-state index is 12.5. The number of carbonyl (C=O) groups excluding carboxylic acids is 1. The number of hydrogen-bond acceptors (Lipinski definition) is 7. The van der Waals surface area contributed by atoms with E-state index in [1.807, 2.05) is 6.92 Å². The lowest BCUT2D eigenvalue weighted by Crippen LogP contribution is -2.56. The number of carbonyl (C=O) groups is 1. The van der Waals surface area contributed by atoms with Crippen LogP contribution in [0.4, 0.5) is 0 Å². The zero-order valence-corrected chi connectivity index (χ0v) is 14.5. The molecule has 2 aromatic rings. The molecule has 0 aliphatic carbocycles. The predicted octanol–water partition coefficient (Wildman–Crippen LogP) is 0.553. The van der Waals surface area contributed by atoms with Crippen molar-refractivity contribution in [3.8, 4) is 5.75 Å². The number of hydrogen-bond donors (Lipinski definition) is 0. The lowest BCUT2D eigenvalue weighted by atomic mass is 10.1. The van der Waals surface area contributed by atoms with Gasteiger partial charge in [-0.25, -0.2) is 4.68 Å². The van der Waals surface area contributed by atoms with Gasteiger partial charge in [-0.05, 0) is 19.1 Å². The molecular formula is C17H21N5O4. The molecule has 0 aromatic carbocycles. The minimum absolute atomic E-state index is 0.0121. The van der Waals surface area contributed by atoms with E-state index in [2.05, 4.69) is 15.3 Å². The topological polar surface area (TPSA) is 91.6 Å². The van der Waals surface area contributed by atoms with Gasteiger partial charge in [-0.15, -0.1) is 5.10 Å². The van der Waals surface area contributed by atoms with Gasteiger partial charge in [0.1, 0.15) is 24.0 Å². The van der Waals surface area contributed by atoms with Gasteiger partial charge in [0.2, 0.25) is 0 Å². The van der Waals surface area contributed by atoms with Crippen LogP contribution in [-0.2, 0) is 9.47 Å². The van der Waals surface area contributed by atoms with Gasteiger partial charge in [0.05, 0.1) is 32.5 Å². The number of amides is 1. The highest BCUT2D eigenvalue weighted by Crippen LogP contribution is 2.23. The van der Waals surface area contributed by atoms with E-state index in [1.54, 1.807) is 40.3 Å². The monoisotopic (exact) mass is 359 g/mol. The summed E-state index contributed by atoms with van der Waals surface area (Å²) >= 11 is 0. The third-order valence-electron chi connectivity index (χ3n) is 4.54. The second-order valence-corrected chi connectivity index (χ2v) is 6.32. The van der Waals surface area contributed by atoms with Crippen LogP contribution < -0.4 is 4.74 Å². The van der Waals surface area contributed by atoms with Crippen molar-refractivity contribution in [2.24, 2.45) is 0 Å². The molecule has 1 amide bonds. The Bertz CT molecular complexity index is 747. The molecule has 4 rings (SSSR count). The number of aromatic nitrogens is 4. The molecular weight excluding hydrogens is 338 g/mol. The molecule has 0 spiro atoms. The van der Waals surface area contributed by atoms with Crippen molar-refractivity contribution in [2.75, 3.05) is 32.9 Å². The van der Waals surface area contributed by atoms with E-state index in [0.29, 0.717) is 38.6 Å². The number of rotatable bonds is 6. The average Bonchev–Trinajstić information content (AvgIpc) is 3.27. The molecule has 26 heavy (non-hydrogen) atoms. The summed E-state index contributed by atoms with van der Waals surface area (Å²) in [5.74, 6) is 0.615. The maximum atomic E-state index is 12.5. The highest BCUT2D eigenvalue weighted by atomic mass is 16.5. The van der Waals surface area contributed by atoms with Crippen molar-refractivity contribution in [2.45, 2.75) is 25.2 Å². The molecule has 138 valence electrons. The predicted molar refractivity (Wildman–Crippen MR) is 89.8 cm³/mol. The summed E-state index contributed by atoms with van der Waals surface area (Å²) in [7, 11) is 0. The van der Waals surface area contributed by atoms with Crippen molar-refractivity contribution < 1.29 is 19.0 Å². The summed E-state index contributed by atoms with van der Waals surface area (Å²) in [4.78, 5) is 18.2. The van der Waals surface area contributed by atoms with Gasteiger partial charge in [-0.3, -0.25) is 9.78 Å². The van der Waals surface area contributed by atoms with Gasteiger partial charge >= 0.3 is 0 Å². The van der Waals surface area contributed by atoms with Crippen LogP contribution in [0.1, 0.15) is 23.5 Å². The Kier molecular flexibility index (Phi) is 4.81. The Morgan fingerprint density at radius 3 is 2.88 bits per heavy atom. The second-order valence-electron chi connectivity index (χ2n) is 6.32. The van der Waals surface area contributed by atoms with Crippen molar-refractivity contribution in [1.29, 1.82) is 0 Å². The van der Waals surface area contributed by atoms with Crippen LogP contribution in [0.25, 0.3) is 0 Å². The van der Waals surface area contributed by atoms with E-state index >= 15 is 0 Å². The Balaban J connectivity index is 1.33. The fourth-order valence-electron chi connectivity index (χ4n) is 3.13. The summed E-state index contributed by atoms with van der Waals surface area (Å²) < 4.78 is 18.6. The van der Waals surface area contributed by atoms with Gasteiger partial charge in [-0.2, -0.15) is 0 Å². The summed E-state index contributed by atoms with van der Waals surface area (Å²) in [6, 6.07) is 3.55. The SMILES string of the molecule is CCO[C@@H]1COC[C@H]1n1cc(C(=O)N2CC(Oc3ccncc3)C2)nn1. The summed E-state index contributed by atoms with van der Waals surface area (Å²) in [5.41, 5.74) is 0.328. The van der Waals surface area contributed by atoms with Gasteiger partial charge in [-0.1, -0.05) is 5.21 Å². The number of ether oxygens (including phenoxy) is 3. The van der Waals surface area contributed by atoms with Crippen LogP contribution in [-0.4, -0.2) is 75.9 Å². The minimum Gasteiger partial charge on any atom is -0.487 e. The first kappa shape index (κ1) is 16.9. The first-order chi connectivity index (χ1) is 12.7. The molecule has 2 fully saturated rings. The second kappa shape index (κ2) is 7.38. The molecule has 9 heteroatoms. The molecule has 0 N–H and O–H groups in total. The number of pyridine rings is 1. The summed E-state index contributed by atoms with van der Waals surface area (Å²) in [6.45, 7) is 4.65. The van der Waals surface area contributed by atoms with E-state index in [4.69, 9.17) is 14.2 Å². The number of likely N-dealkylation sites (tertiary alicyclic amines) is 1. The Hall–Kier alpha value is -2.52. The lowest BCUT2D eigenvalue weighted by Gasteiger charge is -2.38. The fourth-order valence-corrected chi connectivity index (χ4v) is 3.13. The minimum atomic E-state index is -0.141. The summed E-state index contributed by atoms with van der Waals surface area (Å²) in [5, 5.41) is 8.13. The molecule has 2 saturated heterocycles. The van der Waals surface area contributed by atoms with Gasteiger partial charge in [0, 0.05) is 19.0 Å². The first-order valence-electron chi connectivity index (χ1n) is 8.71. The van der Waals surface area contributed by atoms with E-state index in [0.717, 1.165) is 5.75 Å². The smallest absolute Gasteiger partial charge is 0.276 e. The third-order valence-corrected chi connectivity index (χ3v) is 4.54. The Morgan fingerprint density at radius 1 is 1.31 bits per heavy atom. The summed E-state index contributed by atoms with van der Waals surface area (Å²) in [6.07, 6.45) is 4.95. The standard InChI is InChI=1S/C17H21N5O4/c1-2-25-16-11-24-10-15(16)22-9-14(19-20-22)17(23)21-7-13(8-21)26-12-3-5-18-6-4-12/h3-6,9,13,15-16H,2,7-8,10-11H2,1H3/t15-,16-/m1/s1. The highest BCUT2D eigenvalue weighted by Gasteiger charge is 2.36. The normalized spacial score (nSPS) is 23.0. The van der Waals surface area contributed by atoms with Crippen LogP contribution in [0.5, 0.6) is 5.75 Å². The van der Waals surface area contributed by atoms with Crippen molar-refractivity contribution in [3.63, 3.8) is 0 Å². The molecule has 0 unspecified atom stereocenters. The average molecular weight is 359 g/mol. The van der Waals surface area contributed by atoms with Crippen LogP contribution in [0.15, 0.2) is 30.7 Å². The fraction of sp³-hybridized carbons (Fsp3) is 0.529. The third kappa shape index (κ3) is 3.40. The van der Waals surface area contributed by atoms with Gasteiger partial charge in [0.15, 0.2) is 5.69 Å². The molecule has 2 atom stereocenters. The van der Waals surface area contributed by atoms with Gasteiger partial charge < -0.3 is 19.1 Å². The highest BCUT2D eigenvalue weighted by molar-refractivity contribution is 5.92. The van der Waals surface area contributed by atoms with Crippen LogP contribution in [0.2, 0.25) is 0 Å². The molecule has 2 aliphatic rings. The van der Waals surface area contributed by atoms with E-state index < -0.39 is 0 Å². The molecule has 4 heterocycles. The maximum Gasteiger partial charge on any atom is 0.276 e. The molecule has 0 radical (unpaired) electrons. The molecule has 0 bridgehead atoms. The zero-order valence-electron chi connectivity index (χ0n) is 14.5. The lowest BCUT2D eigenvalue weighted by molar-refractivity contribution is 0.0173. The molecule has 0 saturated carbocycles. The van der Waals surface area contributed by atoms with E-state index in [1.165, 1.54) is 0 Å².